The standard InChI is InChI=1S/C19H22GeO/c1-20(2)18(15-9-5-3-6-10-15)13-17(21)14-19(20)16-11-7-4-8-12-16/h3-12,18-19H,13-14H2,1-2H3/t18-,19+. The Labute approximate surface area is 129 Å². The molecule has 0 N–H and O–H groups in total. The SMILES string of the molecule is [CH3][Ge]1([CH3])[C@@H](c2ccccc2)CC(=O)C[C@H]1c1ccccc1. The van der Waals surface area contributed by atoms with Crippen molar-refractivity contribution in [3.63, 3.8) is 0 Å². The van der Waals surface area contributed by atoms with Gasteiger partial charge in [0.25, 0.3) is 0 Å². The van der Waals surface area contributed by atoms with Gasteiger partial charge in [-0.15, -0.1) is 0 Å². The van der Waals surface area contributed by atoms with E-state index in [1.807, 2.05) is 0 Å². The molecule has 1 aliphatic heterocycles. The minimum absolute atomic E-state index is 0.433. The summed E-state index contributed by atoms with van der Waals surface area (Å²) >= 11 is -2.18. The summed E-state index contributed by atoms with van der Waals surface area (Å²) in [6.45, 7) is 0. The first-order chi connectivity index (χ1) is 10.1. The molecule has 108 valence electrons. The molecule has 21 heavy (non-hydrogen) atoms. The van der Waals surface area contributed by atoms with Crippen molar-refractivity contribution in [3.8, 4) is 0 Å². The van der Waals surface area contributed by atoms with Crippen molar-refractivity contribution in [1.29, 1.82) is 0 Å². The zero-order chi connectivity index (χ0) is 14.9. The van der Waals surface area contributed by atoms with Gasteiger partial charge in [0.15, 0.2) is 0 Å². The Morgan fingerprint density at radius 3 is 1.52 bits per heavy atom. The number of benzene rings is 2. The van der Waals surface area contributed by atoms with Crippen LogP contribution in [-0.2, 0) is 4.79 Å². The number of ketones is 1. The molecule has 2 atom stereocenters. The van der Waals surface area contributed by atoms with E-state index in [0.29, 0.717) is 15.3 Å². The molecule has 0 aliphatic carbocycles. The fourth-order valence-corrected chi connectivity index (χ4v) is 12.4. The first-order valence-corrected chi connectivity index (χ1v) is 14.3. The molecule has 0 aromatic heterocycles. The minimum atomic E-state index is -2.18. The fraction of sp³-hybridized carbons (Fsp3) is 0.316. The van der Waals surface area contributed by atoms with Crippen LogP contribution in [0.25, 0.3) is 0 Å². The maximum absolute atomic E-state index is 12.3. The molecule has 1 heterocycles. The van der Waals surface area contributed by atoms with E-state index in [0.717, 1.165) is 12.8 Å². The van der Waals surface area contributed by atoms with Crippen LogP contribution in [0.2, 0.25) is 11.5 Å². The van der Waals surface area contributed by atoms with Crippen LogP contribution in [0, 0.1) is 0 Å². The first kappa shape index (κ1) is 14.6. The second-order valence-corrected chi connectivity index (χ2v) is 17.3. The van der Waals surface area contributed by atoms with Gasteiger partial charge in [-0.05, 0) is 0 Å². The van der Waals surface area contributed by atoms with E-state index >= 15 is 0 Å². The number of Topliss-reactive ketones (excluding diaryl/α,β-unsaturated/α-hetero) is 1. The summed E-state index contributed by atoms with van der Waals surface area (Å²) in [5.74, 6) is 5.44. The molecule has 0 radical (unpaired) electrons. The molecule has 2 aromatic carbocycles. The normalized spacial score (nSPS) is 24.8. The molecular weight excluding hydrogens is 317 g/mol. The van der Waals surface area contributed by atoms with Crippen LogP contribution < -0.4 is 0 Å². The van der Waals surface area contributed by atoms with E-state index in [-0.39, 0.29) is 0 Å². The van der Waals surface area contributed by atoms with Gasteiger partial charge in [-0.25, -0.2) is 0 Å². The molecule has 1 aliphatic rings. The van der Waals surface area contributed by atoms with Crippen molar-refractivity contribution in [2.75, 3.05) is 0 Å². The van der Waals surface area contributed by atoms with Crippen molar-refractivity contribution in [1.82, 2.24) is 0 Å². The van der Waals surface area contributed by atoms with E-state index in [1.165, 1.54) is 11.1 Å². The molecule has 0 amide bonds. The summed E-state index contributed by atoms with van der Waals surface area (Å²) in [7, 11) is 0. The molecule has 0 unspecified atom stereocenters. The summed E-state index contributed by atoms with van der Waals surface area (Å²) in [5, 5.41) is 0. The zero-order valence-corrected chi connectivity index (χ0v) is 14.8. The average molecular weight is 339 g/mol. The second kappa shape index (κ2) is 5.80. The van der Waals surface area contributed by atoms with Crippen LogP contribution in [0.1, 0.15) is 33.5 Å². The maximum atomic E-state index is 12.3. The number of hydrogen-bond acceptors (Lipinski definition) is 1. The van der Waals surface area contributed by atoms with Gasteiger partial charge in [0.2, 0.25) is 0 Å². The zero-order valence-electron chi connectivity index (χ0n) is 12.8. The monoisotopic (exact) mass is 340 g/mol. The summed E-state index contributed by atoms with van der Waals surface area (Å²) < 4.78 is 0.968. The summed E-state index contributed by atoms with van der Waals surface area (Å²) in [4.78, 5) is 12.3. The van der Waals surface area contributed by atoms with E-state index < -0.39 is 13.3 Å². The third-order valence-electron chi connectivity index (χ3n) is 5.06. The number of rotatable bonds is 2. The predicted octanol–water partition coefficient (Wildman–Crippen LogP) is 4.70. The molecule has 0 spiro atoms. The van der Waals surface area contributed by atoms with Crippen molar-refractivity contribution >= 4 is 19.0 Å². The Bertz CT molecular complexity index is 565. The van der Waals surface area contributed by atoms with Crippen LogP contribution >= 0.6 is 0 Å². The van der Waals surface area contributed by atoms with E-state index in [4.69, 9.17) is 0 Å². The Balaban J connectivity index is 2.01. The van der Waals surface area contributed by atoms with Crippen molar-refractivity contribution in [2.24, 2.45) is 0 Å². The van der Waals surface area contributed by atoms with Crippen LogP contribution in [0.5, 0.6) is 0 Å². The number of carbonyl (C=O) groups is 1. The quantitative estimate of drug-likeness (QED) is 0.725. The van der Waals surface area contributed by atoms with Crippen molar-refractivity contribution in [3.05, 3.63) is 71.8 Å². The molecule has 2 aromatic rings. The molecule has 2 heteroatoms. The predicted molar refractivity (Wildman–Crippen MR) is 90.1 cm³/mol. The third kappa shape index (κ3) is 2.84. The second-order valence-electron chi connectivity index (χ2n) is 6.69. The molecule has 1 fully saturated rings. The molecule has 1 nitrogen and oxygen atoms in total. The van der Waals surface area contributed by atoms with Crippen LogP contribution in [0.3, 0.4) is 0 Å². The Kier molecular flexibility index (Phi) is 4.03. The Morgan fingerprint density at radius 1 is 0.762 bits per heavy atom. The summed E-state index contributed by atoms with van der Waals surface area (Å²) in [6.07, 6.45) is 1.50. The topological polar surface area (TPSA) is 17.1 Å². The van der Waals surface area contributed by atoms with Gasteiger partial charge in [0.05, 0.1) is 0 Å². The van der Waals surface area contributed by atoms with Gasteiger partial charge < -0.3 is 0 Å². The van der Waals surface area contributed by atoms with E-state index in [2.05, 4.69) is 72.2 Å². The average Bonchev–Trinajstić information content (AvgIpc) is 2.51. The van der Waals surface area contributed by atoms with Gasteiger partial charge >= 0.3 is 129 Å². The number of carbonyl (C=O) groups excluding carboxylic acids is 1. The van der Waals surface area contributed by atoms with Gasteiger partial charge in [-0.1, -0.05) is 0 Å². The summed E-state index contributed by atoms with van der Waals surface area (Å²) in [5.41, 5.74) is 2.74. The molecule has 1 saturated heterocycles. The number of hydrogen-bond donors (Lipinski definition) is 0. The van der Waals surface area contributed by atoms with E-state index in [1.54, 1.807) is 0 Å². The summed E-state index contributed by atoms with van der Waals surface area (Å²) in [6, 6.07) is 21.3. The van der Waals surface area contributed by atoms with Gasteiger partial charge in [0, 0.05) is 0 Å². The van der Waals surface area contributed by atoms with Crippen molar-refractivity contribution in [2.45, 2.75) is 33.9 Å². The van der Waals surface area contributed by atoms with E-state index in [9.17, 15) is 4.79 Å². The van der Waals surface area contributed by atoms with Gasteiger partial charge in [-0.2, -0.15) is 0 Å². The van der Waals surface area contributed by atoms with Crippen molar-refractivity contribution < 1.29 is 4.79 Å². The molecular formula is C19H22GeO. The third-order valence-corrected chi connectivity index (χ3v) is 14.9. The first-order valence-electron chi connectivity index (χ1n) is 7.70. The van der Waals surface area contributed by atoms with Gasteiger partial charge in [0.1, 0.15) is 0 Å². The molecule has 0 saturated carbocycles. The Hall–Kier alpha value is -1.35. The van der Waals surface area contributed by atoms with Crippen LogP contribution in [0.4, 0.5) is 0 Å². The molecule has 3 rings (SSSR count). The van der Waals surface area contributed by atoms with Gasteiger partial charge in [-0.3, -0.25) is 0 Å². The Morgan fingerprint density at radius 2 is 1.14 bits per heavy atom. The van der Waals surface area contributed by atoms with Crippen LogP contribution in [-0.4, -0.2) is 19.0 Å². The molecule has 0 bridgehead atoms. The fourth-order valence-electron chi connectivity index (χ4n) is 3.77. The van der Waals surface area contributed by atoms with Crippen LogP contribution in [0.15, 0.2) is 60.7 Å².